The zero-order valence-corrected chi connectivity index (χ0v) is 11.2. The van der Waals surface area contributed by atoms with Crippen molar-refractivity contribution in [1.29, 1.82) is 0 Å². The second-order valence-corrected chi connectivity index (χ2v) is 5.43. The average Bonchev–Trinajstić information content (AvgIpc) is 2.84. The highest BCUT2D eigenvalue weighted by Gasteiger charge is 2.30. The van der Waals surface area contributed by atoms with E-state index in [1.54, 1.807) is 0 Å². The highest BCUT2D eigenvalue weighted by Crippen LogP contribution is 2.29. The van der Waals surface area contributed by atoms with E-state index >= 15 is 0 Å². The van der Waals surface area contributed by atoms with Gasteiger partial charge < -0.3 is 10.4 Å². The number of nitrogens with zero attached hydrogens (tertiary/aromatic N) is 2. The highest BCUT2D eigenvalue weighted by atomic mass is 16.3. The maximum absolute atomic E-state index is 10.3. The molecule has 0 radical (unpaired) electrons. The number of aryl methyl sites for hydroxylation is 1. The van der Waals surface area contributed by atoms with Gasteiger partial charge in [0.1, 0.15) is 5.82 Å². The Kier molecular flexibility index (Phi) is 3.11. The van der Waals surface area contributed by atoms with E-state index in [-0.39, 0.29) is 0 Å². The fourth-order valence-corrected chi connectivity index (χ4v) is 2.71. The lowest BCUT2D eigenvalue weighted by Crippen LogP contribution is -2.33. The minimum absolute atomic E-state index is 0.556. The van der Waals surface area contributed by atoms with Crippen molar-refractivity contribution in [2.24, 2.45) is 0 Å². The van der Waals surface area contributed by atoms with E-state index in [0.29, 0.717) is 6.54 Å². The van der Waals surface area contributed by atoms with E-state index in [1.807, 2.05) is 31.2 Å². The molecule has 0 unspecified atom stereocenters. The SMILES string of the molecule is Cc1nc2ccccc2nc1NCC1(O)CCCC1. The van der Waals surface area contributed by atoms with Gasteiger partial charge in [0, 0.05) is 6.54 Å². The molecule has 1 saturated carbocycles. The molecule has 0 atom stereocenters. The summed E-state index contributed by atoms with van der Waals surface area (Å²) in [5, 5.41) is 13.6. The van der Waals surface area contributed by atoms with Crippen LogP contribution in [0.2, 0.25) is 0 Å². The van der Waals surface area contributed by atoms with Crippen molar-refractivity contribution in [3.8, 4) is 0 Å². The molecule has 3 rings (SSSR count). The molecule has 1 aromatic carbocycles. The molecule has 19 heavy (non-hydrogen) atoms. The second kappa shape index (κ2) is 4.78. The molecule has 0 bridgehead atoms. The molecule has 100 valence electrons. The van der Waals surface area contributed by atoms with Gasteiger partial charge in [0.25, 0.3) is 0 Å². The van der Waals surface area contributed by atoms with Gasteiger partial charge in [0.2, 0.25) is 0 Å². The average molecular weight is 257 g/mol. The summed E-state index contributed by atoms with van der Waals surface area (Å²) in [6.45, 7) is 2.50. The molecule has 0 spiro atoms. The summed E-state index contributed by atoms with van der Waals surface area (Å²) in [6, 6.07) is 7.84. The van der Waals surface area contributed by atoms with Gasteiger partial charge >= 0.3 is 0 Å². The van der Waals surface area contributed by atoms with Gasteiger partial charge in [-0.2, -0.15) is 0 Å². The number of hydrogen-bond acceptors (Lipinski definition) is 4. The molecule has 0 aliphatic heterocycles. The predicted octanol–water partition coefficient (Wildman–Crippen LogP) is 2.66. The van der Waals surface area contributed by atoms with E-state index in [1.165, 1.54) is 0 Å². The number of fused-ring (bicyclic) bond motifs is 1. The largest absolute Gasteiger partial charge is 0.388 e. The molecule has 1 fully saturated rings. The quantitative estimate of drug-likeness (QED) is 0.887. The van der Waals surface area contributed by atoms with Gasteiger partial charge in [-0.3, -0.25) is 0 Å². The van der Waals surface area contributed by atoms with Crippen molar-refractivity contribution in [2.75, 3.05) is 11.9 Å². The van der Waals surface area contributed by atoms with Crippen LogP contribution in [0.25, 0.3) is 11.0 Å². The molecular formula is C15H19N3O. The standard InChI is InChI=1S/C15H19N3O/c1-11-14(16-10-15(19)8-4-5-9-15)18-13-7-3-2-6-12(13)17-11/h2-3,6-7,19H,4-5,8-10H2,1H3,(H,16,18). The third-order valence-corrected chi connectivity index (χ3v) is 3.86. The van der Waals surface area contributed by atoms with Gasteiger partial charge in [-0.05, 0) is 31.9 Å². The molecule has 1 aromatic heterocycles. The number of hydrogen-bond donors (Lipinski definition) is 2. The summed E-state index contributed by atoms with van der Waals surface area (Å²) in [5.41, 5.74) is 2.10. The van der Waals surface area contributed by atoms with Crippen LogP contribution >= 0.6 is 0 Å². The van der Waals surface area contributed by atoms with Crippen LogP contribution in [0.4, 0.5) is 5.82 Å². The molecule has 0 saturated heterocycles. The van der Waals surface area contributed by atoms with Gasteiger partial charge in [-0.1, -0.05) is 25.0 Å². The first kappa shape index (κ1) is 12.4. The Morgan fingerprint density at radius 3 is 2.47 bits per heavy atom. The monoisotopic (exact) mass is 257 g/mol. The number of benzene rings is 1. The molecule has 2 N–H and O–H groups in total. The molecule has 1 heterocycles. The highest BCUT2D eigenvalue weighted by molar-refractivity contribution is 5.76. The van der Waals surface area contributed by atoms with Crippen molar-refractivity contribution in [1.82, 2.24) is 9.97 Å². The Hall–Kier alpha value is -1.68. The van der Waals surface area contributed by atoms with Gasteiger partial charge in [-0.15, -0.1) is 0 Å². The number of nitrogens with one attached hydrogen (secondary N) is 1. The zero-order valence-electron chi connectivity index (χ0n) is 11.2. The molecule has 2 aromatic rings. The van der Waals surface area contributed by atoms with E-state index in [0.717, 1.165) is 48.2 Å². The number of rotatable bonds is 3. The van der Waals surface area contributed by atoms with E-state index < -0.39 is 5.60 Å². The minimum atomic E-state index is -0.570. The summed E-state index contributed by atoms with van der Waals surface area (Å²) in [6.07, 6.45) is 3.97. The molecule has 0 amide bonds. The van der Waals surface area contributed by atoms with Gasteiger partial charge in [0.05, 0.1) is 22.3 Å². The van der Waals surface area contributed by atoms with E-state index in [9.17, 15) is 5.11 Å². The van der Waals surface area contributed by atoms with Crippen molar-refractivity contribution in [3.05, 3.63) is 30.0 Å². The fourth-order valence-electron chi connectivity index (χ4n) is 2.71. The van der Waals surface area contributed by atoms with Crippen molar-refractivity contribution < 1.29 is 5.11 Å². The second-order valence-electron chi connectivity index (χ2n) is 5.43. The third kappa shape index (κ3) is 2.54. The van der Waals surface area contributed by atoms with Crippen LogP contribution in [0.5, 0.6) is 0 Å². The van der Waals surface area contributed by atoms with Gasteiger partial charge in [0.15, 0.2) is 0 Å². The van der Waals surface area contributed by atoms with Crippen molar-refractivity contribution in [3.63, 3.8) is 0 Å². The minimum Gasteiger partial charge on any atom is -0.388 e. The molecular weight excluding hydrogens is 238 g/mol. The summed E-state index contributed by atoms with van der Waals surface area (Å²) in [4.78, 5) is 9.12. The van der Waals surface area contributed by atoms with Crippen molar-refractivity contribution in [2.45, 2.75) is 38.2 Å². The first-order valence-corrected chi connectivity index (χ1v) is 6.86. The Morgan fingerprint density at radius 2 is 1.79 bits per heavy atom. The van der Waals surface area contributed by atoms with Crippen LogP contribution in [0, 0.1) is 6.92 Å². The maximum Gasteiger partial charge on any atom is 0.148 e. The van der Waals surface area contributed by atoms with E-state index in [4.69, 9.17) is 0 Å². The van der Waals surface area contributed by atoms with Crippen LogP contribution in [0.1, 0.15) is 31.4 Å². The number of aromatic nitrogens is 2. The number of aliphatic hydroxyl groups is 1. The summed E-state index contributed by atoms with van der Waals surface area (Å²) < 4.78 is 0. The summed E-state index contributed by atoms with van der Waals surface area (Å²) in [7, 11) is 0. The van der Waals surface area contributed by atoms with Crippen LogP contribution in [0.15, 0.2) is 24.3 Å². The molecule has 4 heteroatoms. The normalized spacial score (nSPS) is 17.8. The Morgan fingerprint density at radius 1 is 1.16 bits per heavy atom. The summed E-state index contributed by atoms with van der Waals surface area (Å²) in [5.74, 6) is 0.777. The number of anilines is 1. The number of para-hydroxylation sites is 2. The smallest absolute Gasteiger partial charge is 0.148 e. The van der Waals surface area contributed by atoms with Gasteiger partial charge in [-0.25, -0.2) is 9.97 Å². The first-order chi connectivity index (χ1) is 9.16. The Bertz CT molecular complexity index is 591. The third-order valence-electron chi connectivity index (χ3n) is 3.86. The first-order valence-electron chi connectivity index (χ1n) is 6.86. The zero-order chi connectivity index (χ0) is 13.3. The van der Waals surface area contributed by atoms with Crippen LogP contribution in [0.3, 0.4) is 0 Å². The van der Waals surface area contributed by atoms with Crippen LogP contribution in [-0.2, 0) is 0 Å². The predicted molar refractivity (Wildman–Crippen MR) is 76.2 cm³/mol. The fraction of sp³-hybridized carbons (Fsp3) is 0.467. The topological polar surface area (TPSA) is 58.0 Å². The van der Waals surface area contributed by atoms with Crippen LogP contribution in [-0.4, -0.2) is 27.2 Å². The lowest BCUT2D eigenvalue weighted by Gasteiger charge is -2.23. The molecule has 1 aliphatic rings. The van der Waals surface area contributed by atoms with E-state index in [2.05, 4.69) is 15.3 Å². The Labute approximate surface area is 112 Å². The summed E-state index contributed by atoms with van der Waals surface area (Å²) >= 11 is 0. The molecule has 1 aliphatic carbocycles. The van der Waals surface area contributed by atoms with Crippen LogP contribution < -0.4 is 5.32 Å². The lowest BCUT2D eigenvalue weighted by atomic mass is 10.0. The van der Waals surface area contributed by atoms with Crippen molar-refractivity contribution >= 4 is 16.9 Å². The molecule has 4 nitrogen and oxygen atoms in total. The lowest BCUT2D eigenvalue weighted by molar-refractivity contribution is 0.0614. The Balaban J connectivity index is 1.82. The maximum atomic E-state index is 10.3.